The van der Waals surface area contributed by atoms with Crippen molar-refractivity contribution in [1.82, 2.24) is 9.80 Å². The number of carbonyl (C=O) groups excluding carboxylic acids is 2. The molecule has 2 aliphatic heterocycles. The minimum absolute atomic E-state index is 0.0725. The van der Waals surface area contributed by atoms with Crippen LogP contribution in [0.15, 0.2) is 42.2 Å². The van der Waals surface area contributed by atoms with Crippen LogP contribution in [-0.2, 0) is 9.59 Å². The van der Waals surface area contributed by atoms with Gasteiger partial charge in [0.25, 0.3) is 0 Å². The number of amides is 2. The third kappa shape index (κ3) is 6.07. The SMILES string of the molecule is CNc1cc(C)ccc1N(C=O)C1CCN(C(=O)C2CCN(CC(/C=C\N)=C/N)CC2)CC1. The molecular formula is C25H38N6O2. The van der Waals surface area contributed by atoms with Gasteiger partial charge in [-0.3, -0.25) is 14.5 Å². The second-order valence-corrected chi connectivity index (χ2v) is 8.99. The molecule has 33 heavy (non-hydrogen) atoms. The molecule has 180 valence electrons. The number of benzene rings is 1. The van der Waals surface area contributed by atoms with Crippen LogP contribution in [-0.4, -0.2) is 67.9 Å². The van der Waals surface area contributed by atoms with E-state index in [1.807, 2.05) is 42.0 Å². The molecule has 0 spiro atoms. The van der Waals surface area contributed by atoms with E-state index in [2.05, 4.69) is 16.3 Å². The summed E-state index contributed by atoms with van der Waals surface area (Å²) < 4.78 is 0. The largest absolute Gasteiger partial charge is 0.405 e. The molecule has 2 saturated heterocycles. The molecule has 2 amide bonds. The second-order valence-electron chi connectivity index (χ2n) is 8.99. The Morgan fingerprint density at radius 2 is 1.85 bits per heavy atom. The fourth-order valence-corrected chi connectivity index (χ4v) is 4.92. The highest BCUT2D eigenvalue weighted by Crippen LogP contribution is 2.31. The number of rotatable bonds is 8. The van der Waals surface area contributed by atoms with Crippen LogP contribution < -0.4 is 21.7 Å². The molecule has 1 aromatic carbocycles. The van der Waals surface area contributed by atoms with E-state index in [9.17, 15) is 9.59 Å². The molecule has 5 N–H and O–H groups in total. The standard InChI is InChI=1S/C25H38N6O2/c1-19-3-4-24(23(15-19)28-2)31(18-32)22-8-13-30(14-9-22)25(33)21-6-11-29(12-7-21)17-20(16-27)5-10-26/h3-5,10,15-16,18,21-22,28H,6-9,11-14,17,26-27H2,1-2H3/b10-5-,20-16+. The molecule has 2 aliphatic rings. The number of nitrogens with two attached hydrogens (primary N) is 2. The minimum atomic E-state index is 0.0725. The molecule has 3 rings (SSSR count). The van der Waals surface area contributed by atoms with Crippen LogP contribution in [0.1, 0.15) is 31.2 Å². The first kappa shape index (κ1) is 24.6. The molecule has 0 bridgehead atoms. The summed E-state index contributed by atoms with van der Waals surface area (Å²) in [5, 5.41) is 3.20. The van der Waals surface area contributed by atoms with Gasteiger partial charge in [0.05, 0.1) is 11.4 Å². The van der Waals surface area contributed by atoms with Gasteiger partial charge >= 0.3 is 0 Å². The van der Waals surface area contributed by atoms with E-state index in [1.165, 1.54) is 6.20 Å². The van der Waals surface area contributed by atoms with Crippen molar-refractivity contribution in [3.8, 4) is 0 Å². The first-order valence-electron chi connectivity index (χ1n) is 11.8. The summed E-state index contributed by atoms with van der Waals surface area (Å²) in [6, 6.07) is 6.17. The number of piperidine rings is 2. The summed E-state index contributed by atoms with van der Waals surface area (Å²) in [6.07, 6.45) is 9.13. The van der Waals surface area contributed by atoms with E-state index in [0.29, 0.717) is 13.1 Å². The number of nitrogens with zero attached hydrogens (tertiary/aromatic N) is 3. The van der Waals surface area contributed by atoms with Crippen molar-refractivity contribution in [2.75, 3.05) is 50.0 Å². The van der Waals surface area contributed by atoms with Gasteiger partial charge in [-0.05, 0) is 87.4 Å². The van der Waals surface area contributed by atoms with Gasteiger partial charge in [0.1, 0.15) is 0 Å². The number of carbonyl (C=O) groups is 2. The lowest BCUT2D eigenvalue weighted by atomic mass is 9.93. The number of hydrogen-bond acceptors (Lipinski definition) is 6. The highest BCUT2D eigenvalue weighted by molar-refractivity contribution is 5.84. The van der Waals surface area contributed by atoms with Gasteiger partial charge in [-0.25, -0.2) is 0 Å². The number of aryl methyl sites for hydroxylation is 1. The summed E-state index contributed by atoms with van der Waals surface area (Å²) in [5.74, 6) is 0.330. The van der Waals surface area contributed by atoms with Crippen molar-refractivity contribution in [1.29, 1.82) is 0 Å². The monoisotopic (exact) mass is 454 g/mol. The van der Waals surface area contributed by atoms with Gasteiger partial charge in [0, 0.05) is 38.6 Å². The first-order chi connectivity index (χ1) is 16.0. The number of anilines is 2. The smallest absolute Gasteiger partial charge is 0.225 e. The van der Waals surface area contributed by atoms with Crippen molar-refractivity contribution in [3.05, 3.63) is 47.8 Å². The third-order valence-corrected chi connectivity index (χ3v) is 6.85. The molecule has 0 saturated carbocycles. The van der Waals surface area contributed by atoms with Gasteiger partial charge < -0.3 is 26.6 Å². The average Bonchev–Trinajstić information content (AvgIpc) is 2.85. The lowest BCUT2D eigenvalue weighted by Gasteiger charge is -2.40. The molecule has 8 heteroatoms. The molecule has 2 fully saturated rings. The Balaban J connectivity index is 1.52. The molecule has 0 radical (unpaired) electrons. The molecular weight excluding hydrogens is 416 g/mol. The topological polar surface area (TPSA) is 108 Å². The third-order valence-electron chi connectivity index (χ3n) is 6.85. The summed E-state index contributed by atoms with van der Waals surface area (Å²) >= 11 is 0. The summed E-state index contributed by atoms with van der Waals surface area (Å²) in [5.41, 5.74) is 15.1. The van der Waals surface area contributed by atoms with Crippen molar-refractivity contribution < 1.29 is 9.59 Å². The molecule has 0 aliphatic carbocycles. The first-order valence-corrected chi connectivity index (χ1v) is 11.8. The zero-order chi connectivity index (χ0) is 23.8. The van der Waals surface area contributed by atoms with E-state index < -0.39 is 0 Å². The lowest BCUT2D eigenvalue weighted by Crippen LogP contribution is -2.49. The maximum atomic E-state index is 13.1. The van der Waals surface area contributed by atoms with Crippen LogP contribution in [0, 0.1) is 12.8 Å². The number of nitrogens with one attached hydrogen (secondary N) is 1. The van der Waals surface area contributed by atoms with Crippen LogP contribution in [0.4, 0.5) is 11.4 Å². The zero-order valence-corrected chi connectivity index (χ0v) is 19.9. The predicted octanol–water partition coefficient (Wildman–Crippen LogP) is 2.02. The average molecular weight is 455 g/mol. The van der Waals surface area contributed by atoms with Crippen molar-refractivity contribution in [3.63, 3.8) is 0 Å². The Morgan fingerprint density at radius 1 is 1.15 bits per heavy atom. The quantitative estimate of drug-likeness (QED) is 0.410. The normalized spacial score (nSPS) is 19.1. The second kappa shape index (κ2) is 11.7. The lowest BCUT2D eigenvalue weighted by molar-refractivity contribution is -0.138. The van der Waals surface area contributed by atoms with E-state index in [0.717, 1.165) is 74.2 Å². The maximum absolute atomic E-state index is 13.1. The highest BCUT2D eigenvalue weighted by Gasteiger charge is 2.32. The molecule has 0 unspecified atom stereocenters. The van der Waals surface area contributed by atoms with Crippen LogP contribution >= 0.6 is 0 Å². The maximum Gasteiger partial charge on any atom is 0.225 e. The minimum Gasteiger partial charge on any atom is -0.405 e. The summed E-state index contributed by atoms with van der Waals surface area (Å²) in [6.45, 7) is 5.93. The Morgan fingerprint density at radius 3 is 2.42 bits per heavy atom. The van der Waals surface area contributed by atoms with E-state index in [-0.39, 0.29) is 17.9 Å². The number of hydrogen-bond donors (Lipinski definition) is 3. The van der Waals surface area contributed by atoms with E-state index in [4.69, 9.17) is 11.5 Å². The molecule has 0 atom stereocenters. The highest BCUT2D eigenvalue weighted by atomic mass is 16.2. The Bertz CT molecular complexity index is 868. The van der Waals surface area contributed by atoms with Crippen LogP contribution in [0.2, 0.25) is 0 Å². The molecule has 1 aromatic rings. The van der Waals surface area contributed by atoms with E-state index in [1.54, 1.807) is 6.20 Å². The van der Waals surface area contributed by atoms with Crippen molar-refractivity contribution >= 4 is 23.7 Å². The van der Waals surface area contributed by atoms with Crippen LogP contribution in [0.3, 0.4) is 0 Å². The van der Waals surface area contributed by atoms with Crippen LogP contribution in [0.5, 0.6) is 0 Å². The molecule has 8 nitrogen and oxygen atoms in total. The fraction of sp³-hybridized carbons (Fsp3) is 0.520. The summed E-state index contributed by atoms with van der Waals surface area (Å²) in [4.78, 5) is 31.3. The molecule has 2 heterocycles. The van der Waals surface area contributed by atoms with Crippen molar-refractivity contribution in [2.24, 2.45) is 17.4 Å². The Hall–Kier alpha value is -3.00. The van der Waals surface area contributed by atoms with Gasteiger partial charge in [-0.15, -0.1) is 0 Å². The van der Waals surface area contributed by atoms with Gasteiger partial charge in [-0.1, -0.05) is 6.07 Å². The van der Waals surface area contributed by atoms with Gasteiger partial charge in [0.15, 0.2) is 0 Å². The predicted molar refractivity (Wildman–Crippen MR) is 134 cm³/mol. The Kier molecular flexibility index (Phi) is 8.77. The molecule has 0 aromatic heterocycles. The zero-order valence-electron chi connectivity index (χ0n) is 19.9. The fourth-order valence-electron chi connectivity index (χ4n) is 4.92. The summed E-state index contributed by atoms with van der Waals surface area (Å²) in [7, 11) is 1.87. The Labute approximate surface area is 197 Å². The van der Waals surface area contributed by atoms with Gasteiger partial charge in [-0.2, -0.15) is 0 Å². The van der Waals surface area contributed by atoms with Crippen molar-refractivity contribution in [2.45, 2.75) is 38.6 Å². The van der Waals surface area contributed by atoms with E-state index >= 15 is 0 Å². The van der Waals surface area contributed by atoms with Crippen LogP contribution in [0.25, 0.3) is 0 Å². The number of likely N-dealkylation sites (tertiary alicyclic amines) is 2. The van der Waals surface area contributed by atoms with Gasteiger partial charge in [0.2, 0.25) is 12.3 Å².